The van der Waals surface area contributed by atoms with Crippen molar-refractivity contribution in [2.45, 2.75) is 0 Å². The first-order valence-corrected chi connectivity index (χ1v) is 3.17. The summed E-state index contributed by atoms with van der Waals surface area (Å²) in [5, 5.41) is 14.3. The second-order valence-electron chi connectivity index (χ2n) is 2.13. The van der Waals surface area contributed by atoms with Gasteiger partial charge < -0.3 is 5.21 Å². The van der Waals surface area contributed by atoms with Crippen molar-refractivity contribution in [2.24, 2.45) is 0 Å². The number of pyridine rings is 1. The monoisotopic (exact) mass is 147 g/mol. The Balaban J connectivity index is 2.83. The fourth-order valence-corrected chi connectivity index (χ4v) is 0.896. The highest BCUT2D eigenvalue weighted by Gasteiger charge is 1.97. The minimum atomic E-state index is 0.518. The molecule has 0 amide bonds. The van der Waals surface area contributed by atoms with Crippen molar-refractivity contribution in [3.8, 4) is 0 Å². The van der Waals surface area contributed by atoms with Gasteiger partial charge in [-0.15, -0.1) is 0 Å². The number of hydrogen-bond acceptors (Lipinski definition) is 3. The summed E-state index contributed by atoms with van der Waals surface area (Å²) in [6.07, 6.45) is 2.99. The smallest absolute Gasteiger partial charge is 0.212 e. The van der Waals surface area contributed by atoms with Crippen LogP contribution in [0.25, 0.3) is 11.0 Å². The lowest BCUT2D eigenvalue weighted by atomic mass is 10.3. The zero-order chi connectivity index (χ0) is 7.68. The zero-order valence-electron chi connectivity index (χ0n) is 5.64. The maximum absolute atomic E-state index is 10.7. The van der Waals surface area contributed by atoms with Crippen molar-refractivity contribution < 1.29 is 4.85 Å². The molecule has 0 aliphatic carbocycles. The standard InChI is InChI=1S/C7H5N3O/c11-10-5-3-6-7(9-10)2-1-4-8-6/h1-5H. The van der Waals surface area contributed by atoms with Crippen LogP contribution in [-0.4, -0.2) is 10.1 Å². The van der Waals surface area contributed by atoms with E-state index in [2.05, 4.69) is 10.1 Å². The summed E-state index contributed by atoms with van der Waals surface area (Å²) in [6, 6.07) is 5.13. The van der Waals surface area contributed by atoms with Gasteiger partial charge in [-0.3, -0.25) is 4.98 Å². The summed E-state index contributed by atoms with van der Waals surface area (Å²) in [4.78, 5) is 4.53. The molecule has 4 nitrogen and oxygen atoms in total. The number of aromatic nitrogens is 3. The SMILES string of the molecule is [O-][n+]1ccc2ncccc2n1. The van der Waals surface area contributed by atoms with E-state index in [4.69, 9.17) is 0 Å². The normalized spacial score (nSPS) is 10.2. The number of hydrogen-bond donors (Lipinski definition) is 0. The van der Waals surface area contributed by atoms with Crippen LogP contribution in [0.5, 0.6) is 0 Å². The molecule has 0 saturated carbocycles. The van der Waals surface area contributed by atoms with Crippen molar-refractivity contribution >= 4 is 11.0 Å². The summed E-state index contributed by atoms with van der Waals surface area (Å²) in [5.74, 6) is 0. The van der Waals surface area contributed by atoms with E-state index in [9.17, 15) is 5.21 Å². The van der Waals surface area contributed by atoms with Crippen LogP contribution in [-0.2, 0) is 0 Å². The highest BCUT2D eigenvalue weighted by molar-refractivity contribution is 5.71. The molecular formula is C7H5N3O. The fraction of sp³-hybridized carbons (Fsp3) is 0. The van der Waals surface area contributed by atoms with Crippen molar-refractivity contribution in [3.05, 3.63) is 35.8 Å². The molecule has 0 aliphatic rings. The molecular weight excluding hydrogens is 142 g/mol. The van der Waals surface area contributed by atoms with Gasteiger partial charge in [-0.1, -0.05) is 4.85 Å². The highest BCUT2D eigenvalue weighted by atomic mass is 16.5. The molecule has 2 rings (SSSR count). The van der Waals surface area contributed by atoms with E-state index < -0.39 is 0 Å². The lowest BCUT2D eigenvalue weighted by Crippen LogP contribution is -2.29. The topological polar surface area (TPSA) is 52.7 Å². The Bertz CT molecular complexity index is 388. The molecule has 0 radical (unpaired) electrons. The Morgan fingerprint density at radius 2 is 2.18 bits per heavy atom. The molecule has 0 unspecified atom stereocenters. The summed E-state index contributed by atoms with van der Waals surface area (Å²) in [6.45, 7) is 0. The van der Waals surface area contributed by atoms with Crippen LogP contribution in [0.15, 0.2) is 30.6 Å². The summed E-state index contributed by atoms with van der Waals surface area (Å²) in [7, 11) is 0. The molecule has 2 aromatic heterocycles. The van der Waals surface area contributed by atoms with E-state index in [1.165, 1.54) is 6.20 Å². The molecule has 0 aliphatic heterocycles. The number of fused-ring (bicyclic) bond motifs is 1. The lowest BCUT2D eigenvalue weighted by molar-refractivity contribution is -0.666. The molecule has 0 N–H and O–H groups in total. The van der Waals surface area contributed by atoms with Crippen molar-refractivity contribution in [1.82, 2.24) is 10.1 Å². The van der Waals surface area contributed by atoms with Crippen LogP contribution in [0.4, 0.5) is 0 Å². The lowest BCUT2D eigenvalue weighted by Gasteiger charge is -1.93. The van der Waals surface area contributed by atoms with Crippen LogP contribution in [0, 0.1) is 5.21 Å². The van der Waals surface area contributed by atoms with E-state index in [1.807, 2.05) is 0 Å². The van der Waals surface area contributed by atoms with Gasteiger partial charge in [-0.2, -0.15) is 0 Å². The van der Waals surface area contributed by atoms with E-state index in [-0.39, 0.29) is 0 Å². The second-order valence-corrected chi connectivity index (χ2v) is 2.13. The average Bonchev–Trinajstić information content (AvgIpc) is 2.04. The van der Waals surface area contributed by atoms with Crippen LogP contribution < -0.4 is 4.85 Å². The van der Waals surface area contributed by atoms with Gasteiger partial charge in [0.1, 0.15) is 5.52 Å². The van der Waals surface area contributed by atoms with Crippen molar-refractivity contribution in [3.63, 3.8) is 0 Å². The first kappa shape index (κ1) is 6.03. The minimum absolute atomic E-state index is 0.518. The van der Waals surface area contributed by atoms with Crippen LogP contribution in [0.2, 0.25) is 0 Å². The van der Waals surface area contributed by atoms with Crippen LogP contribution >= 0.6 is 0 Å². The minimum Gasteiger partial charge on any atom is -0.594 e. The van der Waals surface area contributed by atoms with Crippen LogP contribution in [0.3, 0.4) is 0 Å². The van der Waals surface area contributed by atoms with Gasteiger partial charge in [0.25, 0.3) is 0 Å². The third-order valence-corrected chi connectivity index (χ3v) is 1.38. The van der Waals surface area contributed by atoms with Gasteiger partial charge in [0.15, 0.2) is 5.52 Å². The average molecular weight is 147 g/mol. The first-order valence-electron chi connectivity index (χ1n) is 3.17. The number of rotatable bonds is 0. The van der Waals surface area contributed by atoms with Gasteiger partial charge in [0.2, 0.25) is 6.20 Å². The van der Waals surface area contributed by atoms with Crippen molar-refractivity contribution in [2.75, 3.05) is 0 Å². The second kappa shape index (κ2) is 2.16. The Kier molecular flexibility index (Phi) is 1.18. The fourth-order valence-electron chi connectivity index (χ4n) is 0.896. The maximum atomic E-state index is 10.7. The quantitative estimate of drug-likeness (QED) is 0.397. The zero-order valence-corrected chi connectivity index (χ0v) is 5.64. The summed E-state index contributed by atoms with van der Waals surface area (Å²) in [5.41, 5.74) is 1.35. The summed E-state index contributed by atoms with van der Waals surface area (Å²) >= 11 is 0. The molecule has 11 heavy (non-hydrogen) atoms. The maximum Gasteiger partial charge on any atom is 0.212 e. The van der Waals surface area contributed by atoms with Crippen LogP contribution in [0.1, 0.15) is 0 Å². The molecule has 54 valence electrons. The van der Waals surface area contributed by atoms with Gasteiger partial charge in [0.05, 0.1) is 0 Å². The largest absolute Gasteiger partial charge is 0.594 e. The Morgan fingerprint density at radius 3 is 3.09 bits per heavy atom. The van der Waals surface area contributed by atoms with Gasteiger partial charge in [-0.25, -0.2) is 0 Å². The van der Waals surface area contributed by atoms with E-state index in [0.29, 0.717) is 10.4 Å². The number of nitrogens with zero attached hydrogens (tertiary/aromatic N) is 3. The Hall–Kier alpha value is -1.71. The van der Waals surface area contributed by atoms with E-state index >= 15 is 0 Å². The van der Waals surface area contributed by atoms with Gasteiger partial charge in [0, 0.05) is 17.4 Å². The molecule has 0 spiro atoms. The Morgan fingerprint density at radius 1 is 1.27 bits per heavy atom. The molecule has 0 bridgehead atoms. The van der Waals surface area contributed by atoms with E-state index in [0.717, 1.165) is 5.52 Å². The Labute approximate surface area is 62.7 Å². The highest BCUT2D eigenvalue weighted by Crippen LogP contribution is 2.02. The van der Waals surface area contributed by atoms with E-state index in [1.54, 1.807) is 24.4 Å². The molecule has 0 atom stereocenters. The third-order valence-electron chi connectivity index (χ3n) is 1.38. The molecule has 0 aromatic carbocycles. The predicted octanol–water partition coefficient (Wildman–Crippen LogP) is 0.263. The molecule has 2 aromatic rings. The first-order chi connectivity index (χ1) is 5.36. The van der Waals surface area contributed by atoms with Gasteiger partial charge in [-0.05, 0) is 12.1 Å². The predicted molar refractivity (Wildman–Crippen MR) is 38.5 cm³/mol. The molecule has 2 heterocycles. The molecule has 0 fully saturated rings. The molecule has 4 heteroatoms. The summed E-state index contributed by atoms with van der Waals surface area (Å²) < 4.78 is 0. The van der Waals surface area contributed by atoms with Crippen molar-refractivity contribution in [1.29, 1.82) is 0 Å². The van der Waals surface area contributed by atoms with Gasteiger partial charge >= 0.3 is 0 Å². The molecule has 0 saturated heterocycles. The third kappa shape index (κ3) is 0.980.